The molecule has 0 aromatic heterocycles. The summed E-state index contributed by atoms with van der Waals surface area (Å²) in [4.78, 5) is 2.51. The average Bonchev–Trinajstić information content (AvgIpc) is 3.51. The van der Waals surface area contributed by atoms with Crippen LogP contribution in [0.5, 0.6) is 0 Å². The molecule has 0 heterocycles. The summed E-state index contributed by atoms with van der Waals surface area (Å²) in [7, 11) is 0. The molecule has 1 nitrogen and oxygen atoms in total. The Labute approximate surface area is 292 Å². The van der Waals surface area contributed by atoms with Crippen LogP contribution < -0.4 is 4.90 Å². The molecule has 0 saturated heterocycles. The van der Waals surface area contributed by atoms with Crippen molar-refractivity contribution in [1.29, 1.82) is 0 Å². The van der Waals surface area contributed by atoms with E-state index in [1.165, 1.54) is 105 Å². The lowest BCUT2D eigenvalue weighted by Gasteiger charge is -2.31. The Morgan fingerprint density at radius 1 is 0.449 bits per heavy atom. The van der Waals surface area contributed by atoms with Gasteiger partial charge in [-0.3, -0.25) is 0 Å². The zero-order valence-corrected chi connectivity index (χ0v) is 29.3. The molecule has 242 valence electrons. The summed E-state index contributed by atoms with van der Waals surface area (Å²) in [5.74, 6) is 0.703. The summed E-state index contributed by atoms with van der Waals surface area (Å²) < 4.78 is 0. The quantitative estimate of drug-likeness (QED) is 0.182. The van der Waals surface area contributed by atoms with Crippen molar-refractivity contribution in [3.05, 3.63) is 161 Å². The highest BCUT2D eigenvalue weighted by atomic mass is 15.1. The number of hydrogen-bond donors (Lipinski definition) is 0. The van der Waals surface area contributed by atoms with Gasteiger partial charge in [0.2, 0.25) is 0 Å². The van der Waals surface area contributed by atoms with Crippen LogP contribution in [-0.4, -0.2) is 0 Å². The summed E-state index contributed by atoms with van der Waals surface area (Å²) in [6, 6.07) is 50.5. The first-order valence-electron chi connectivity index (χ1n) is 18.3. The van der Waals surface area contributed by atoms with Gasteiger partial charge in [0, 0.05) is 27.8 Å². The molecule has 0 aliphatic heterocycles. The second kappa shape index (κ2) is 11.3. The molecule has 1 heteroatoms. The summed E-state index contributed by atoms with van der Waals surface area (Å²) >= 11 is 0. The third-order valence-corrected chi connectivity index (χ3v) is 12.1. The molecular formula is C48H45N. The minimum atomic E-state index is -0.0858. The molecule has 6 aromatic rings. The number of rotatable bonds is 5. The molecule has 0 atom stereocenters. The van der Waals surface area contributed by atoms with Crippen molar-refractivity contribution >= 4 is 17.1 Å². The predicted octanol–water partition coefficient (Wildman–Crippen LogP) is 13.5. The Morgan fingerprint density at radius 2 is 0.959 bits per heavy atom. The van der Waals surface area contributed by atoms with Gasteiger partial charge in [-0.25, -0.2) is 0 Å². The van der Waals surface area contributed by atoms with Crippen LogP contribution in [-0.2, 0) is 10.8 Å². The van der Waals surface area contributed by atoms with Crippen molar-refractivity contribution in [3.8, 4) is 33.4 Å². The van der Waals surface area contributed by atoms with Crippen LogP contribution in [0.4, 0.5) is 17.1 Å². The first kappa shape index (κ1) is 30.2. The number of para-hydroxylation sites is 1. The minimum absolute atomic E-state index is 0.0792. The molecule has 1 saturated carbocycles. The molecule has 3 aliphatic carbocycles. The molecule has 0 bridgehead atoms. The van der Waals surface area contributed by atoms with E-state index in [4.69, 9.17) is 0 Å². The van der Waals surface area contributed by atoms with E-state index in [0.717, 1.165) is 0 Å². The van der Waals surface area contributed by atoms with E-state index in [2.05, 4.69) is 166 Å². The van der Waals surface area contributed by atoms with E-state index in [1.54, 1.807) is 5.56 Å². The smallest absolute Gasteiger partial charge is 0.0540 e. The van der Waals surface area contributed by atoms with Crippen LogP contribution in [0.3, 0.4) is 0 Å². The summed E-state index contributed by atoms with van der Waals surface area (Å²) in [5.41, 5.74) is 18.6. The third-order valence-electron chi connectivity index (χ3n) is 12.1. The first-order valence-corrected chi connectivity index (χ1v) is 18.3. The van der Waals surface area contributed by atoms with Crippen molar-refractivity contribution in [2.45, 2.75) is 76.5 Å². The van der Waals surface area contributed by atoms with Gasteiger partial charge < -0.3 is 4.90 Å². The van der Waals surface area contributed by atoms with Crippen LogP contribution in [0.2, 0.25) is 0 Å². The fourth-order valence-corrected chi connectivity index (χ4v) is 9.36. The van der Waals surface area contributed by atoms with E-state index in [1.807, 2.05) is 0 Å². The van der Waals surface area contributed by atoms with Crippen molar-refractivity contribution < 1.29 is 0 Å². The fraction of sp³-hybridized carbons (Fsp3) is 0.250. The Balaban J connectivity index is 1.21. The highest BCUT2D eigenvalue weighted by Gasteiger charge is 2.38. The van der Waals surface area contributed by atoms with Crippen molar-refractivity contribution in [2.75, 3.05) is 4.90 Å². The van der Waals surface area contributed by atoms with Crippen molar-refractivity contribution in [3.63, 3.8) is 0 Å². The highest BCUT2D eigenvalue weighted by molar-refractivity contribution is 5.92. The second-order valence-electron chi connectivity index (χ2n) is 15.6. The Kier molecular flexibility index (Phi) is 6.99. The Morgan fingerprint density at radius 3 is 1.63 bits per heavy atom. The summed E-state index contributed by atoms with van der Waals surface area (Å²) in [6.07, 6.45) is 6.77. The highest BCUT2D eigenvalue weighted by Crippen LogP contribution is 2.54. The number of anilines is 3. The number of hydrogen-bond acceptors (Lipinski definition) is 1. The number of nitrogens with zero attached hydrogens (tertiary/aromatic N) is 1. The Hall–Kier alpha value is -4.88. The lowest BCUT2D eigenvalue weighted by Crippen LogP contribution is -2.18. The minimum Gasteiger partial charge on any atom is -0.310 e. The van der Waals surface area contributed by atoms with Gasteiger partial charge >= 0.3 is 0 Å². The number of benzene rings is 6. The predicted molar refractivity (Wildman–Crippen MR) is 208 cm³/mol. The van der Waals surface area contributed by atoms with Crippen LogP contribution >= 0.6 is 0 Å². The van der Waals surface area contributed by atoms with Crippen LogP contribution in [0.25, 0.3) is 33.4 Å². The zero-order chi connectivity index (χ0) is 33.3. The van der Waals surface area contributed by atoms with Gasteiger partial charge in [-0.05, 0) is 105 Å². The van der Waals surface area contributed by atoms with Crippen LogP contribution in [0.15, 0.2) is 133 Å². The van der Waals surface area contributed by atoms with E-state index < -0.39 is 0 Å². The average molecular weight is 636 g/mol. The monoisotopic (exact) mass is 635 g/mol. The molecule has 1 fully saturated rings. The molecule has 0 unspecified atom stereocenters. The molecule has 0 radical (unpaired) electrons. The summed E-state index contributed by atoms with van der Waals surface area (Å²) in [6.45, 7) is 9.62. The van der Waals surface area contributed by atoms with Crippen LogP contribution in [0.1, 0.15) is 93.5 Å². The maximum absolute atomic E-state index is 2.56. The number of fused-ring (bicyclic) bond motifs is 6. The van der Waals surface area contributed by atoms with Gasteiger partial charge in [0.25, 0.3) is 0 Å². The molecule has 6 aromatic carbocycles. The van der Waals surface area contributed by atoms with Gasteiger partial charge in [-0.1, -0.05) is 150 Å². The van der Waals surface area contributed by atoms with Gasteiger partial charge in [-0.15, -0.1) is 0 Å². The van der Waals surface area contributed by atoms with Gasteiger partial charge in [0.15, 0.2) is 0 Å². The largest absolute Gasteiger partial charge is 0.310 e. The molecule has 0 amide bonds. The van der Waals surface area contributed by atoms with Gasteiger partial charge in [0.1, 0.15) is 0 Å². The zero-order valence-electron chi connectivity index (χ0n) is 29.3. The maximum Gasteiger partial charge on any atom is 0.0540 e. The van der Waals surface area contributed by atoms with E-state index in [0.29, 0.717) is 5.92 Å². The van der Waals surface area contributed by atoms with Crippen molar-refractivity contribution in [2.24, 2.45) is 0 Å². The molecule has 0 spiro atoms. The van der Waals surface area contributed by atoms with Gasteiger partial charge in [0.05, 0.1) is 5.69 Å². The van der Waals surface area contributed by atoms with Crippen molar-refractivity contribution in [1.82, 2.24) is 0 Å². The molecule has 3 aliphatic rings. The van der Waals surface area contributed by atoms with Crippen LogP contribution in [0, 0.1) is 0 Å². The SMILES string of the molecule is CC1(C)c2ccccc2-c2ccc(N(c3ccc4c(c3)C(C)(C)c3cc(C5CCCCC5)ccc3-4)c3ccccc3-c3ccccc3)cc21. The van der Waals surface area contributed by atoms with E-state index >= 15 is 0 Å². The summed E-state index contributed by atoms with van der Waals surface area (Å²) in [5, 5.41) is 0. The fourth-order valence-electron chi connectivity index (χ4n) is 9.36. The lowest BCUT2D eigenvalue weighted by atomic mass is 9.79. The normalized spacial score (nSPS) is 16.8. The topological polar surface area (TPSA) is 3.24 Å². The maximum atomic E-state index is 2.56. The standard InChI is InChI=1S/C48H45N/c1-47(2)42-21-13-11-20-38(42)40-27-24-35(30-44(40)47)49(46-22-14-12-19-37(46)33-17-9-6-10-18-33)36-25-28-41-39-26-23-34(32-15-7-5-8-16-32)29-43(39)48(3,4)45(41)31-36/h6,9-14,17-32H,5,7-8,15-16H2,1-4H3. The third kappa shape index (κ3) is 4.73. The molecule has 0 N–H and O–H groups in total. The molecule has 49 heavy (non-hydrogen) atoms. The second-order valence-corrected chi connectivity index (χ2v) is 15.6. The van der Waals surface area contributed by atoms with Gasteiger partial charge in [-0.2, -0.15) is 0 Å². The van der Waals surface area contributed by atoms with E-state index in [9.17, 15) is 0 Å². The Bertz CT molecular complexity index is 2210. The molecule has 9 rings (SSSR count). The lowest BCUT2D eigenvalue weighted by molar-refractivity contribution is 0.443. The molecular weight excluding hydrogens is 591 g/mol. The first-order chi connectivity index (χ1) is 23.8. The van der Waals surface area contributed by atoms with E-state index in [-0.39, 0.29) is 10.8 Å².